The average molecular weight is 381 g/mol. The molecule has 5 nitrogen and oxygen atoms in total. The summed E-state index contributed by atoms with van der Waals surface area (Å²) in [6.45, 7) is 1.61. The van der Waals surface area contributed by atoms with Gasteiger partial charge < -0.3 is 10.2 Å². The zero-order valence-corrected chi connectivity index (χ0v) is 15.7. The van der Waals surface area contributed by atoms with Gasteiger partial charge in [-0.3, -0.25) is 14.6 Å². The molecule has 0 spiro atoms. The quantitative estimate of drug-likeness (QED) is 0.885. The third-order valence-electron chi connectivity index (χ3n) is 5.85. The lowest BCUT2D eigenvalue weighted by Crippen LogP contribution is -2.36. The van der Waals surface area contributed by atoms with E-state index in [1.165, 1.54) is 18.3 Å². The number of pyridine rings is 1. The van der Waals surface area contributed by atoms with E-state index in [0.29, 0.717) is 18.4 Å². The van der Waals surface area contributed by atoms with Crippen molar-refractivity contribution in [2.24, 2.45) is 5.92 Å². The Kier molecular flexibility index (Phi) is 5.37. The summed E-state index contributed by atoms with van der Waals surface area (Å²) in [7, 11) is 0. The molecule has 1 aliphatic heterocycles. The molecule has 0 bridgehead atoms. The maximum atomic E-state index is 13.4. The summed E-state index contributed by atoms with van der Waals surface area (Å²) in [5.74, 6) is -0.517. The van der Waals surface area contributed by atoms with Crippen LogP contribution in [0.4, 0.5) is 4.39 Å². The van der Waals surface area contributed by atoms with Gasteiger partial charge in [0.05, 0.1) is 5.56 Å². The molecule has 2 aliphatic rings. The molecule has 3 atom stereocenters. The minimum Gasteiger partial charge on any atom is -0.349 e. The number of nitrogens with zero attached hydrogens (tertiary/aromatic N) is 2. The second-order valence-electron chi connectivity index (χ2n) is 7.68. The normalized spacial score (nSPS) is 24.3. The van der Waals surface area contributed by atoms with E-state index < -0.39 is 0 Å². The smallest absolute Gasteiger partial charge is 0.253 e. The molecule has 2 heterocycles. The van der Waals surface area contributed by atoms with Crippen LogP contribution in [0.25, 0.3) is 0 Å². The minimum absolute atomic E-state index is 0.0205. The van der Waals surface area contributed by atoms with E-state index in [1.807, 2.05) is 4.90 Å². The van der Waals surface area contributed by atoms with E-state index in [-0.39, 0.29) is 35.5 Å². The van der Waals surface area contributed by atoms with Crippen LogP contribution in [0.1, 0.15) is 47.5 Å². The fraction of sp³-hybridized carbons (Fsp3) is 0.409. The van der Waals surface area contributed by atoms with Gasteiger partial charge in [0, 0.05) is 37.4 Å². The Balaban J connectivity index is 1.53. The predicted octanol–water partition coefficient (Wildman–Crippen LogP) is 3.14. The average Bonchev–Trinajstić information content (AvgIpc) is 3.39. The molecule has 1 aromatic heterocycles. The zero-order chi connectivity index (χ0) is 19.5. The molecule has 1 N–H and O–H groups in total. The molecule has 28 heavy (non-hydrogen) atoms. The number of nitrogens with one attached hydrogen (secondary N) is 1. The Hall–Kier alpha value is -2.76. The van der Waals surface area contributed by atoms with Crippen LogP contribution in [0, 0.1) is 11.7 Å². The molecule has 2 aromatic rings. The van der Waals surface area contributed by atoms with Crippen molar-refractivity contribution in [2.75, 3.05) is 13.1 Å². The van der Waals surface area contributed by atoms with Crippen LogP contribution < -0.4 is 5.32 Å². The number of hydrogen-bond donors (Lipinski definition) is 1. The molecule has 1 aliphatic carbocycles. The minimum atomic E-state index is -0.286. The molecule has 1 saturated heterocycles. The van der Waals surface area contributed by atoms with Crippen LogP contribution in [0.5, 0.6) is 0 Å². The fourth-order valence-electron chi connectivity index (χ4n) is 4.44. The first-order valence-corrected chi connectivity index (χ1v) is 9.87. The molecular weight excluding hydrogens is 357 g/mol. The molecule has 0 unspecified atom stereocenters. The topological polar surface area (TPSA) is 62.3 Å². The van der Waals surface area contributed by atoms with Crippen LogP contribution in [-0.2, 0) is 4.79 Å². The highest BCUT2D eigenvalue weighted by Gasteiger charge is 2.42. The molecule has 1 saturated carbocycles. The van der Waals surface area contributed by atoms with E-state index in [2.05, 4.69) is 10.3 Å². The van der Waals surface area contributed by atoms with Crippen LogP contribution in [0.3, 0.4) is 0 Å². The van der Waals surface area contributed by atoms with Crippen molar-refractivity contribution in [3.8, 4) is 0 Å². The number of aromatic nitrogens is 1. The van der Waals surface area contributed by atoms with Gasteiger partial charge in [0.25, 0.3) is 5.91 Å². The van der Waals surface area contributed by atoms with Crippen molar-refractivity contribution in [2.45, 2.75) is 37.6 Å². The lowest BCUT2D eigenvalue weighted by atomic mass is 9.88. The highest BCUT2D eigenvalue weighted by molar-refractivity contribution is 5.94. The molecular formula is C22H24FN3O2. The number of carbonyl (C=O) groups excluding carboxylic acids is 2. The summed E-state index contributed by atoms with van der Waals surface area (Å²) in [4.78, 5) is 31.6. The Morgan fingerprint density at radius 3 is 2.50 bits per heavy atom. The van der Waals surface area contributed by atoms with Gasteiger partial charge in [-0.25, -0.2) is 4.39 Å². The number of benzene rings is 1. The third kappa shape index (κ3) is 3.91. The Morgan fingerprint density at radius 1 is 1.07 bits per heavy atom. The maximum absolute atomic E-state index is 13.4. The number of halogens is 1. The van der Waals surface area contributed by atoms with E-state index in [1.54, 1.807) is 30.5 Å². The number of rotatable bonds is 4. The summed E-state index contributed by atoms with van der Waals surface area (Å²) in [6.07, 6.45) is 6.52. The van der Waals surface area contributed by atoms with E-state index in [9.17, 15) is 14.0 Å². The van der Waals surface area contributed by atoms with Crippen LogP contribution in [0.2, 0.25) is 0 Å². The molecule has 6 heteroatoms. The zero-order valence-electron chi connectivity index (χ0n) is 15.7. The van der Waals surface area contributed by atoms with Gasteiger partial charge >= 0.3 is 0 Å². The third-order valence-corrected chi connectivity index (χ3v) is 5.85. The molecule has 0 radical (unpaired) electrons. The summed E-state index contributed by atoms with van der Waals surface area (Å²) >= 11 is 0. The predicted molar refractivity (Wildman–Crippen MR) is 103 cm³/mol. The van der Waals surface area contributed by atoms with Gasteiger partial charge in [0.2, 0.25) is 5.91 Å². The largest absolute Gasteiger partial charge is 0.349 e. The van der Waals surface area contributed by atoms with Crippen molar-refractivity contribution in [3.63, 3.8) is 0 Å². The first-order valence-electron chi connectivity index (χ1n) is 9.87. The van der Waals surface area contributed by atoms with E-state index >= 15 is 0 Å². The Bertz CT molecular complexity index is 835. The van der Waals surface area contributed by atoms with E-state index in [0.717, 1.165) is 31.5 Å². The number of likely N-dealkylation sites (tertiary alicyclic amines) is 1. The van der Waals surface area contributed by atoms with Crippen LogP contribution in [-0.4, -0.2) is 40.8 Å². The summed E-state index contributed by atoms with van der Waals surface area (Å²) in [5.41, 5.74) is 1.47. The van der Waals surface area contributed by atoms with Gasteiger partial charge in [0.15, 0.2) is 0 Å². The Morgan fingerprint density at radius 2 is 1.82 bits per heavy atom. The standard InChI is InChI=1S/C22H24FN3O2/c23-17-7-5-15(6-8-17)19-12-18(25-21(27)16-4-3-9-24-14-16)13-20(19)22(28)26-10-1-2-11-26/h3-9,14,18-20H,1-2,10-13H2,(H,25,27)/t18-,19+,20-/m0/s1. The number of carbonyl (C=O) groups is 2. The second kappa shape index (κ2) is 8.09. The van der Waals surface area contributed by atoms with Crippen molar-refractivity contribution < 1.29 is 14.0 Å². The van der Waals surface area contributed by atoms with Gasteiger partial charge in [0.1, 0.15) is 5.82 Å². The first-order chi connectivity index (χ1) is 13.6. The Labute approximate surface area is 164 Å². The van der Waals surface area contributed by atoms with Crippen LogP contribution >= 0.6 is 0 Å². The van der Waals surface area contributed by atoms with Crippen LogP contribution in [0.15, 0.2) is 48.8 Å². The molecule has 1 aromatic carbocycles. The highest BCUT2D eigenvalue weighted by Crippen LogP contribution is 2.41. The van der Waals surface area contributed by atoms with Crippen molar-refractivity contribution in [1.82, 2.24) is 15.2 Å². The first kappa shape index (κ1) is 18.6. The van der Waals surface area contributed by atoms with Crippen molar-refractivity contribution in [1.29, 1.82) is 0 Å². The lowest BCUT2D eigenvalue weighted by molar-refractivity contribution is -0.134. The number of amides is 2. The molecule has 146 valence electrons. The van der Waals surface area contributed by atoms with Gasteiger partial charge in [-0.15, -0.1) is 0 Å². The summed E-state index contributed by atoms with van der Waals surface area (Å²) in [6, 6.07) is 9.75. The van der Waals surface area contributed by atoms with Crippen molar-refractivity contribution in [3.05, 3.63) is 65.7 Å². The van der Waals surface area contributed by atoms with Gasteiger partial charge in [-0.05, 0) is 61.4 Å². The summed E-state index contributed by atoms with van der Waals surface area (Å²) < 4.78 is 13.4. The SMILES string of the molecule is O=C(N[C@@H]1C[C@H](C(=O)N2CCCC2)[C@@H](c2ccc(F)cc2)C1)c1cccnc1. The monoisotopic (exact) mass is 381 g/mol. The fourth-order valence-corrected chi connectivity index (χ4v) is 4.44. The highest BCUT2D eigenvalue weighted by atomic mass is 19.1. The van der Waals surface area contributed by atoms with Gasteiger partial charge in [-0.2, -0.15) is 0 Å². The second-order valence-corrected chi connectivity index (χ2v) is 7.68. The molecule has 4 rings (SSSR count). The molecule has 2 fully saturated rings. The molecule has 2 amide bonds. The lowest BCUT2D eigenvalue weighted by Gasteiger charge is -2.24. The maximum Gasteiger partial charge on any atom is 0.253 e. The van der Waals surface area contributed by atoms with E-state index in [4.69, 9.17) is 0 Å². The van der Waals surface area contributed by atoms with Crippen molar-refractivity contribution >= 4 is 11.8 Å². The summed E-state index contributed by atoms with van der Waals surface area (Å²) in [5, 5.41) is 3.06. The van der Waals surface area contributed by atoms with Gasteiger partial charge in [-0.1, -0.05) is 12.1 Å². The number of hydrogen-bond acceptors (Lipinski definition) is 3.